The summed E-state index contributed by atoms with van der Waals surface area (Å²) in [6.45, 7) is 4.38. The number of hydrogen-bond acceptors (Lipinski definition) is 6. The Morgan fingerprint density at radius 2 is 2.07 bits per heavy atom. The van der Waals surface area contributed by atoms with Crippen molar-refractivity contribution in [3.05, 3.63) is 71.1 Å². The monoisotopic (exact) mass is 473 g/mol. The van der Waals surface area contributed by atoms with Gasteiger partial charge >= 0.3 is 0 Å². The highest BCUT2D eigenvalue weighted by molar-refractivity contribution is 9.10. The maximum Gasteiger partial charge on any atom is 0.236 e. The van der Waals surface area contributed by atoms with Crippen molar-refractivity contribution in [2.45, 2.75) is 18.1 Å². The number of nitrogens with one attached hydrogen (secondary N) is 1. The Kier molecular flexibility index (Phi) is 7.42. The number of benzene rings is 1. The van der Waals surface area contributed by atoms with Gasteiger partial charge in [-0.15, -0.1) is 16.8 Å². The Morgan fingerprint density at radius 3 is 2.72 bits per heavy atom. The first kappa shape index (κ1) is 21.1. The van der Waals surface area contributed by atoms with E-state index >= 15 is 0 Å². The van der Waals surface area contributed by atoms with Gasteiger partial charge in [0.1, 0.15) is 17.4 Å². The van der Waals surface area contributed by atoms with Crippen LogP contribution in [0.1, 0.15) is 11.4 Å². The minimum atomic E-state index is -0.158. The molecule has 0 atom stereocenters. The second-order valence-corrected chi connectivity index (χ2v) is 7.88. The molecule has 0 bridgehead atoms. The first-order valence-corrected chi connectivity index (χ1v) is 10.6. The summed E-state index contributed by atoms with van der Waals surface area (Å²) >= 11 is 4.64. The molecular weight excluding hydrogens is 454 g/mol. The molecule has 0 fully saturated rings. The fourth-order valence-electron chi connectivity index (χ4n) is 2.55. The van der Waals surface area contributed by atoms with Crippen LogP contribution in [0.25, 0.3) is 0 Å². The fourth-order valence-corrected chi connectivity index (χ4v) is 3.55. The lowest BCUT2D eigenvalue weighted by Gasteiger charge is -2.08. The van der Waals surface area contributed by atoms with E-state index in [2.05, 4.69) is 43.0 Å². The molecule has 3 aromatic rings. The fraction of sp³-hybridized carbons (Fsp3) is 0.200. The molecule has 9 heteroatoms. The number of nitrogens with zero attached hydrogens (tertiary/aromatic N) is 4. The Bertz CT molecular complexity index is 974. The zero-order valence-electron chi connectivity index (χ0n) is 15.8. The van der Waals surface area contributed by atoms with Gasteiger partial charge in [0, 0.05) is 23.6 Å². The van der Waals surface area contributed by atoms with E-state index in [0.717, 1.165) is 21.6 Å². The van der Waals surface area contributed by atoms with Crippen LogP contribution < -0.4 is 10.1 Å². The summed E-state index contributed by atoms with van der Waals surface area (Å²) in [4.78, 5) is 16.4. The Hall–Kier alpha value is -2.65. The quantitative estimate of drug-likeness (QED) is 0.374. The molecule has 0 unspecified atom stereocenters. The smallest absolute Gasteiger partial charge is 0.236 e. The molecule has 0 aliphatic heterocycles. The number of anilines is 1. The maximum atomic E-state index is 12.2. The van der Waals surface area contributed by atoms with E-state index in [1.54, 1.807) is 25.4 Å². The van der Waals surface area contributed by atoms with Gasteiger partial charge in [-0.25, -0.2) is 4.98 Å². The van der Waals surface area contributed by atoms with E-state index < -0.39 is 0 Å². The number of carbonyl (C=O) groups is 1. The Balaban J connectivity index is 1.64. The topological polar surface area (TPSA) is 81.9 Å². The van der Waals surface area contributed by atoms with E-state index in [0.29, 0.717) is 23.9 Å². The molecule has 1 amide bonds. The van der Waals surface area contributed by atoms with Crippen LogP contribution in [0.15, 0.2) is 64.9 Å². The van der Waals surface area contributed by atoms with Crippen molar-refractivity contribution in [2.24, 2.45) is 0 Å². The standard InChI is InChI=1S/C20H20BrN5O2S/c1-3-10-26-18(11-14-4-7-16(28-2)8-5-14)24-25-20(26)29-13-19(27)23-17-9-6-15(21)12-22-17/h3-9,12H,1,10-11,13H2,2H3,(H,22,23,27). The third kappa shape index (κ3) is 5.91. The molecule has 3 rings (SSSR count). The van der Waals surface area contributed by atoms with E-state index in [-0.39, 0.29) is 11.7 Å². The zero-order valence-corrected chi connectivity index (χ0v) is 18.2. The highest BCUT2D eigenvalue weighted by Gasteiger charge is 2.14. The predicted octanol–water partition coefficient (Wildman–Crippen LogP) is 3.95. The van der Waals surface area contributed by atoms with Crippen molar-refractivity contribution >= 4 is 39.4 Å². The average molecular weight is 474 g/mol. The highest BCUT2D eigenvalue weighted by Crippen LogP contribution is 2.20. The lowest BCUT2D eigenvalue weighted by Crippen LogP contribution is -2.15. The summed E-state index contributed by atoms with van der Waals surface area (Å²) in [7, 11) is 1.64. The summed E-state index contributed by atoms with van der Waals surface area (Å²) in [6.07, 6.45) is 4.05. The van der Waals surface area contributed by atoms with Crippen LogP contribution in [0.5, 0.6) is 5.75 Å². The minimum Gasteiger partial charge on any atom is -0.497 e. The summed E-state index contributed by atoms with van der Waals surface area (Å²) in [6, 6.07) is 11.4. The van der Waals surface area contributed by atoms with Gasteiger partial charge in [0.15, 0.2) is 5.16 Å². The molecule has 0 saturated heterocycles. The van der Waals surface area contributed by atoms with Gasteiger partial charge in [-0.2, -0.15) is 0 Å². The second-order valence-electron chi connectivity index (χ2n) is 6.02. The summed E-state index contributed by atoms with van der Waals surface area (Å²) < 4.78 is 8.01. The van der Waals surface area contributed by atoms with Crippen LogP contribution in [0, 0.1) is 0 Å². The number of thioether (sulfide) groups is 1. The van der Waals surface area contributed by atoms with Crippen LogP contribution >= 0.6 is 27.7 Å². The molecular formula is C20H20BrN5O2S. The molecule has 1 aromatic carbocycles. The normalized spacial score (nSPS) is 10.6. The first-order chi connectivity index (χ1) is 14.1. The average Bonchev–Trinajstić information content (AvgIpc) is 3.10. The first-order valence-electron chi connectivity index (χ1n) is 8.79. The van der Waals surface area contributed by atoms with E-state index in [9.17, 15) is 4.79 Å². The number of pyridine rings is 1. The maximum absolute atomic E-state index is 12.2. The SMILES string of the molecule is C=CCn1c(Cc2ccc(OC)cc2)nnc1SCC(=O)Nc1ccc(Br)cn1. The van der Waals surface area contributed by atoms with E-state index in [1.807, 2.05) is 34.9 Å². The molecule has 2 aromatic heterocycles. The van der Waals surface area contributed by atoms with Gasteiger partial charge < -0.3 is 14.6 Å². The summed E-state index contributed by atoms with van der Waals surface area (Å²) in [5, 5.41) is 12.0. The molecule has 29 heavy (non-hydrogen) atoms. The van der Waals surface area contributed by atoms with Crippen LogP contribution in [0.4, 0.5) is 5.82 Å². The lowest BCUT2D eigenvalue weighted by molar-refractivity contribution is -0.113. The Labute approximate surface area is 181 Å². The number of aromatic nitrogens is 4. The largest absolute Gasteiger partial charge is 0.497 e. The van der Waals surface area contributed by atoms with Gasteiger partial charge in [-0.1, -0.05) is 30.0 Å². The van der Waals surface area contributed by atoms with E-state index in [4.69, 9.17) is 4.74 Å². The zero-order chi connectivity index (χ0) is 20.6. The second kappa shape index (κ2) is 10.2. The number of ether oxygens (including phenoxy) is 1. The van der Waals surface area contributed by atoms with Crippen LogP contribution in [-0.2, 0) is 17.8 Å². The van der Waals surface area contributed by atoms with Crippen molar-refractivity contribution in [3.63, 3.8) is 0 Å². The summed E-state index contributed by atoms with van der Waals surface area (Å²) in [5.74, 6) is 2.17. The molecule has 0 spiro atoms. The van der Waals surface area contributed by atoms with Gasteiger partial charge in [0.25, 0.3) is 0 Å². The molecule has 0 saturated carbocycles. The minimum absolute atomic E-state index is 0.158. The summed E-state index contributed by atoms with van der Waals surface area (Å²) in [5.41, 5.74) is 1.10. The molecule has 0 radical (unpaired) electrons. The van der Waals surface area contributed by atoms with Crippen LogP contribution in [0.3, 0.4) is 0 Å². The number of hydrogen-bond donors (Lipinski definition) is 1. The number of allylic oxidation sites excluding steroid dienone is 1. The molecule has 0 aliphatic rings. The van der Waals surface area contributed by atoms with Crippen molar-refractivity contribution in [3.8, 4) is 5.75 Å². The molecule has 0 aliphatic carbocycles. The van der Waals surface area contributed by atoms with Gasteiger partial charge in [-0.3, -0.25) is 4.79 Å². The van der Waals surface area contributed by atoms with Gasteiger partial charge in [0.05, 0.1) is 12.9 Å². The number of halogens is 1. The predicted molar refractivity (Wildman–Crippen MR) is 117 cm³/mol. The Morgan fingerprint density at radius 1 is 1.28 bits per heavy atom. The van der Waals surface area contributed by atoms with Crippen molar-refractivity contribution in [2.75, 3.05) is 18.2 Å². The van der Waals surface area contributed by atoms with Crippen molar-refractivity contribution in [1.82, 2.24) is 19.7 Å². The van der Waals surface area contributed by atoms with Crippen LogP contribution in [0.2, 0.25) is 0 Å². The van der Waals surface area contributed by atoms with Crippen molar-refractivity contribution < 1.29 is 9.53 Å². The third-order valence-corrected chi connectivity index (χ3v) is 5.39. The van der Waals surface area contributed by atoms with Crippen molar-refractivity contribution in [1.29, 1.82) is 0 Å². The number of methoxy groups -OCH3 is 1. The molecule has 2 heterocycles. The third-order valence-electron chi connectivity index (χ3n) is 3.95. The molecule has 1 N–H and O–H groups in total. The number of rotatable bonds is 9. The highest BCUT2D eigenvalue weighted by atomic mass is 79.9. The lowest BCUT2D eigenvalue weighted by atomic mass is 10.1. The van der Waals surface area contributed by atoms with Gasteiger partial charge in [-0.05, 0) is 45.8 Å². The molecule has 150 valence electrons. The number of amides is 1. The molecule has 7 nitrogen and oxygen atoms in total. The van der Waals surface area contributed by atoms with Crippen LogP contribution in [-0.4, -0.2) is 38.5 Å². The number of carbonyl (C=O) groups excluding carboxylic acids is 1. The van der Waals surface area contributed by atoms with E-state index in [1.165, 1.54) is 11.8 Å². The van der Waals surface area contributed by atoms with Gasteiger partial charge in [0.2, 0.25) is 5.91 Å².